The molecule has 0 aliphatic heterocycles. The highest BCUT2D eigenvalue weighted by atomic mass is 16.5. The summed E-state index contributed by atoms with van der Waals surface area (Å²) in [6.07, 6.45) is 4.26. The second kappa shape index (κ2) is 3.49. The summed E-state index contributed by atoms with van der Waals surface area (Å²) in [4.78, 5) is 7.92. The Morgan fingerprint density at radius 2 is 2.07 bits per heavy atom. The minimum atomic E-state index is 0.614. The Hall–Kier alpha value is -1.84. The van der Waals surface area contributed by atoms with Gasteiger partial charge in [0.1, 0.15) is 18.0 Å². The molecule has 0 N–H and O–H groups in total. The number of nitrogens with zero attached hydrogens (tertiary/aromatic N) is 2. The van der Waals surface area contributed by atoms with Gasteiger partial charge in [0, 0.05) is 5.39 Å². The van der Waals surface area contributed by atoms with Crippen molar-refractivity contribution < 1.29 is 9.47 Å². The molecule has 71 valence electrons. The third-order valence-corrected chi connectivity index (χ3v) is 1.95. The maximum absolute atomic E-state index is 5.21. The number of hydrogen-bond donors (Lipinski definition) is 0. The summed E-state index contributed by atoms with van der Waals surface area (Å²) in [6, 6.07) is 3.65. The lowest BCUT2D eigenvalue weighted by atomic mass is 10.2. The van der Waals surface area contributed by atoms with Crippen molar-refractivity contribution >= 4 is 10.9 Å². The lowest BCUT2D eigenvalue weighted by molar-refractivity contribution is 0.358. The Kier molecular flexibility index (Phi) is 2.18. The Labute approximate surface area is 81.5 Å². The van der Waals surface area contributed by atoms with Crippen molar-refractivity contribution in [3.05, 3.63) is 24.7 Å². The molecular formula is C10H9N2O2. The third kappa shape index (κ3) is 1.25. The van der Waals surface area contributed by atoms with E-state index in [9.17, 15) is 0 Å². The number of rotatable bonds is 2. The topological polar surface area (TPSA) is 44.2 Å². The second-order valence-electron chi connectivity index (χ2n) is 2.68. The number of fused-ring (bicyclic) bond motifs is 1. The van der Waals surface area contributed by atoms with Crippen LogP contribution in [0.15, 0.2) is 18.5 Å². The van der Waals surface area contributed by atoms with Crippen LogP contribution >= 0.6 is 0 Å². The molecule has 0 unspecified atom stereocenters. The Balaban J connectivity index is 2.77. The fourth-order valence-electron chi connectivity index (χ4n) is 1.31. The first-order valence-electron chi connectivity index (χ1n) is 4.10. The maximum Gasteiger partial charge on any atom is 0.187 e. The summed E-state index contributed by atoms with van der Waals surface area (Å²) in [5.74, 6) is 1.27. The summed E-state index contributed by atoms with van der Waals surface area (Å²) in [7, 11) is 3.17. The molecular weight excluding hydrogens is 180 g/mol. The summed E-state index contributed by atoms with van der Waals surface area (Å²) >= 11 is 0. The lowest BCUT2D eigenvalue weighted by Crippen LogP contribution is -1.93. The van der Waals surface area contributed by atoms with Crippen LogP contribution in [-0.2, 0) is 0 Å². The average molecular weight is 189 g/mol. The Bertz CT molecular complexity index is 457. The van der Waals surface area contributed by atoms with E-state index in [4.69, 9.17) is 9.47 Å². The first kappa shape index (κ1) is 8.74. The van der Waals surface area contributed by atoms with Gasteiger partial charge in [0.05, 0.1) is 14.2 Å². The van der Waals surface area contributed by atoms with Crippen LogP contribution in [0.2, 0.25) is 0 Å². The molecule has 1 aromatic heterocycles. The van der Waals surface area contributed by atoms with Gasteiger partial charge < -0.3 is 9.47 Å². The van der Waals surface area contributed by atoms with Crippen LogP contribution in [0.4, 0.5) is 0 Å². The number of hydrogen-bond acceptors (Lipinski definition) is 4. The van der Waals surface area contributed by atoms with Gasteiger partial charge in [-0.3, -0.25) is 0 Å². The molecule has 0 aliphatic carbocycles. The van der Waals surface area contributed by atoms with E-state index in [0.29, 0.717) is 17.0 Å². The van der Waals surface area contributed by atoms with Crippen LogP contribution in [0.25, 0.3) is 10.9 Å². The molecule has 2 rings (SSSR count). The smallest absolute Gasteiger partial charge is 0.187 e. The van der Waals surface area contributed by atoms with E-state index in [1.54, 1.807) is 20.3 Å². The van der Waals surface area contributed by atoms with Gasteiger partial charge in [-0.2, -0.15) is 0 Å². The van der Waals surface area contributed by atoms with E-state index in [0.717, 1.165) is 5.39 Å². The molecule has 0 atom stereocenters. The molecule has 0 saturated heterocycles. The summed E-state index contributed by atoms with van der Waals surface area (Å²) in [5, 5.41) is 0.810. The first-order valence-corrected chi connectivity index (χ1v) is 4.10. The van der Waals surface area contributed by atoms with Crippen LogP contribution in [0.1, 0.15) is 0 Å². The van der Waals surface area contributed by atoms with Gasteiger partial charge in [-0.15, -0.1) is 0 Å². The average Bonchev–Trinajstić information content (AvgIpc) is 2.27. The maximum atomic E-state index is 5.21. The molecule has 4 nitrogen and oxygen atoms in total. The zero-order chi connectivity index (χ0) is 9.97. The monoisotopic (exact) mass is 189 g/mol. The SMILES string of the molecule is COc1ccc2[c]ncnc2c1OC. The fourth-order valence-corrected chi connectivity index (χ4v) is 1.31. The first-order chi connectivity index (χ1) is 6.86. The molecule has 0 amide bonds. The molecule has 0 fully saturated rings. The molecule has 0 bridgehead atoms. The van der Waals surface area contributed by atoms with E-state index in [1.165, 1.54) is 6.33 Å². The van der Waals surface area contributed by atoms with Gasteiger partial charge in [0.2, 0.25) is 0 Å². The molecule has 1 radical (unpaired) electrons. The number of methoxy groups -OCH3 is 2. The van der Waals surface area contributed by atoms with Gasteiger partial charge in [0.25, 0.3) is 0 Å². The van der Waals surface area contributed by atoms with Crippen molar-refractivity contribution in [1.29, 1.82) is 0 Å². The number of ether oxygens (including phenoxy) is 2. The molecule has 14 heavy (non-hydrogen) atoms. The normalized spacial score (nSPS) is 10.1. The predicted molar refractivity (Wildman–Crippen MR) is 51.5 cm³/mol. The van der Waals surface area contributed by atoms with Gasteiger partial charge in [-0.1, -0.05) is 0 Å². The van der Waals surface area contributed by atoms with Crippen LogP contribution in [0, 0.1) is 6.20 Å². The van der Waals surface area contributed by atoms with Crippen molar-refractivity contribution in [3.63, 3.8) is 0 Å². The van der Waals surface area contributed by atoms with Crippen LogP contribution in [0.3, 0.4) is 0 Å². The zero-order valence-corrected chi connectivity index (χ0v) is 7.94. The minimum Gasteiger partial charge on any atom is -0.493 e. The van der Waals surface area contributed by atoms with Crippen molar-refractivity contribution in [2.45, 2.75) is 0 Å². The van der Waals surface area contributed by atoms with E-state index in [-0.39, 0.29) is 0 Å². The van der Waals surface area contributed by atoms with Gasteiger partial charge in [-0.25, -0.2) is 9.97 Å². The Morgan fingerprint density at radius 3 is 2.79 bits per heavy atom. The summed E-state index contributed by atoms with van der Waals surface area (Å²) in [5.41, 5.74) is 0.710. The highest BCUT2D eigenvalue weighted by Gasteiger charge is 2.09. The lowest BCUT2D eigenvalue weighted by Gasteiger charge is -2.08. The second-order valence-corrected chi connectivity index (χ2v) is 2.68. The minimum absolute atomic E-state index is 0.614. The van der Waals surface area contributed by atoms with Crippen molar-refractivity contribution in [2.75, 3.05) is 14.2 Å². The molecule has 1 aromatic carbocycles. The summed E-state index contributed by atoms with van der Waals surface area (Å²) in [6.45, 7) is 0. The highest BCUT2D eigenvalue weighted by molar-refractivity contribution is 5.85. The largest absolute Gasteiger partial charge is 0.493 e. The van der Waals surface area contributed by atoms with E-state index >= 15 is 0 Å². The third-order valence-electron chi connectivity index (χ3n) is 1.95. The standard InChI is InChI=1S/C10H9N2O2/c1-13-8-4-3-7-5-11-6-12-9(7)10(8)14-2/h3-4,6H,1-2H3. The molecule has 2 aromatic rings. The summed E-state index contributed by atoms with van der Waals surface area (Å²) < 4.78 is 10.4. The van der Waals surface area contributed by atoms with E-state index in [1.807, 2.05) is 6.07 Å². The van der Waals surface area contributed by atoms with Crippen LogP contribution in [0.5, 0.6) is 11.5 Å². The molecule has 0 aliphatic rings. The highest BCUT2D eigenvalue weighted by Crippen LogP contribution is 2.32. The van der Waals surface area contributed by atoms with Gasteiger partial charge in [0.15, 0.2) is 11.5 Å². The van der Waals surface area contributed by atoms with Gasteiger partial charge in [-0.05, 0) is 12.1 Å². The molecule has 0 saturated carbocycles. The number of benzene rings is 1. The van der Waals surface area contributed by atoms with E-state index < -0.39 is 0 Å². The predicted octanol–water partition coefficient (Wildman–Crippen LogP) is 1.45. The quantitative estimate of drug-likeness (QED) is 0.717. The van der Waals surface area contributed by atoms with Crippen LogP contribution in [-0.4, -0.2) is 24.2 Å². The molecule has 4 heteroatoms. The fraction of sp³-hybridized carbons (Fsp3) is 0.200. The van der Waals surface area contributed by atoms with Crippen molar-refractivity contribution in [2.24, 2.45) is 0 Å². The van der Waals surface area contributed by atoms with Gasteiger partial charge >= 0.3 is 0 Å². The van der Waals surface area contributed by atoms with Crippen LogP contribution < -0.4 is 9.47 Å². The van der Waals surface area contributed by atoms with Crippen molar-refractivity contribution in [1.82, 2.24) is 9.97 Å². The zero-order valence-electron chi connectivity index (χ0n) is 7.94. The van der Waals surface area contributed by atoms with E-state index in [2.05, 4.69) is 16.2 Å². The molecule has 0 spiro atoms. The number of aromatic nitrogens is 2. The Morgan fingerprint density at radius 1 is 1.21 bits per heavy atom. The molecule has 1 heterocycles. The van der Waals surface area contributed by atoms with Crippen molar-refractivity contribution in [3.8, 4) is 11.5 Å².